The molecule has 3 aromatic rings. The Bertz CT molecular complexity index is 971. The first-order valence-electron chi connectivity index (χ1n) is 8.33. The zero-order valence-corrected chi connectivity index (χ0v) is 14.7. The van der Waals surface area contributed by atoms with Gasteiger partial charge in [-0.1, -0.05) is 24.3 Å². The number of anilines is 1. The van der Waals surface area contributed by atoms with Crippen molar-refractivity contribution < 1.29 is 4.79 Å². The second kappa shape index (κ2) is 6.89. The second-order valence-corrected chi connectivity index (χ2v) is 6.18. The molecule has 25 heavy (non-hydrogen) atoms. The summed E-state index contributed by atoms with van der Waals surface area (Å²) in [6, 6.07) is 13.3. The van der Waals surface area contributed by atoms with E-state index in [0.717, 1.165) is 22.2 Å². The van der Waals surface area contributed by atoms with E-state index in [1.54, 1.807) is 17.2 Å². The molecule has 5 nitrogen and oxygen atoms in total. The molecular weight excluding hydrogens is 314 g/mol. The molecule has 128 valence electrons. The summed E-state index contributed by atoms with van der Waals surface area (Å²) < 4.78 is 1.23. The Morgan fingerprint density at radius 2 is 1.80 bits per heavy atom. The molecular formula is C20H21N3O2. The summed E-state index contributed by atoms with van der Waals surface area (Å²) in [5.74, 6) is -0.155. The largest absolute Gasteiger partial charge is 0.311 e. The molecule has 0 atom stereocenters. The van der Waals surface area contributed by atoms with Gasteiger partial charge in [0, 0.05) is 17.6 Å². The van der Waals surface area contributed by atoms with Crippen molar-refractivity contribution >= 4 is 22.4 Å². The van der Waals surface area contributed by atoms with Gasteiger partial charge in [-0.05, 0) is 50.1 Å². The molecule has 0 aliphatic rings. The minimum atomic E-state index is -0.247. The van der Waals surface area contributed by atoms with Gasteiger partial charge in [0.2, 0.25) is 5.91 Å². The van der Waals surface area contributed by atoms with E-state index in [0.29, 0.717) is 11.9 Å². The maximum absolute atomic E-state index is 12.8. The Labute approximate surface area is 146 Å². The molecule has 1 heterocycles. The van der Waals surface area contributed by atoms with Crippen LogP contribution in [0.2, 0.25) is 0 Å². The van der Waals surface area contributed by atoms with Crippen LogP contribution in [-0.2, 0) is 11.3 Å². The van der Waals surface area contributed by atoms with Crippen LogP contribution < -0.4 is 10.5 Å². The summed E-state index contributed by atoms with van der Waals surface area (Å²) in [5.41, 5.74) is 2.80. The number of benzene rings is 2. The third-order valence-electron chi connectivity index (χ3n) is 4.18. The summed E-state index contributed by atoms with van der Waals surface area (Å²) in [7, 11) is 0. The molecule has 0 unspecified atom stereocenters. The van der Waals surface area contributed by atoms with E-state index in [1.165, 1.54) is 4.68 Å². The van der Waals surface area contributed by atoms with Gasteiger partial charge in [-0.2, -0.15) is 5.10 Å². The van der Waals surface area contributed by atoms with Crippen molar-refractivity contribution in [1.82, 2.24) is 9.78 Å². The van der Waals surface area contributed by atoms with Crippen LogP contribution >= 0.6 is 0 Å². The van der Waals surface area contributed by atoms with Crippen LogP contribution in [0, 0.1) is 13.8 Å². The molecule has 0 spiro atoms. The molecule has 0 saturated carbocycles. The summed E-state index contributed by atoms with van der Waals surface area (Å²) in [5, 5.41) is 5.49. The van der Waals surface area contributed by atoms with Gasteiger partial charge in [-0.15, -0.1) is 0 Å². The molecule has 1 aromatic heterocycles. The van der Waals surface area contributed by atoms with E-state index >= 15 is 0 Å². The van der Waals surface area contributed by atoms with Crippen molar-refractivity contribution in [2.75, 3.05) is 11.4 Å². The van der Waals surface area contributed by atoms with Crippen molar-refractivity contribution in [3.63, 3.8) is 0 Å². The number of aromatic nitrogens is 2. The van der Waals surface area contributed by atoms with Crippen LogP contribution in [0.4, 0.5) is 5.69 Å². The highest BCUT2D eigenvalue weighted by Gasteiger charge is 2.17. The molecule has 0 aliphatic heterocycles. The highest BCUT2D eigenvalue weighted by atomic mass is 16.2. The van der Waals surface area contributed by atoms with Crippen LogP contribution in [-0.4, -0.2) is 22.2 Å². The van der Waals surface area contributed by atoms with Crippen molar-refractivity contribution in [3.05, 3.63) is 70.1 Å². The number of likely N-dealkylation sites (N-methyl/N-ethyl adjacent to an activating group) is 1. The maximum atomic E-state index is 12.8. The topological polar surface area (TPSA) is 55.2 Å². The van der Waals surface area contributed by atoms with E-state index in [2.05, 4.69) is 11.2 Å². The lowest BCUT2D eigenvalue weighted by atomic mass is 10.1. The Morgan fingerprint density at radius 3 is 2.48 bits per heavy atom. The van der Waals surface area contributed by atoms with Crippen molar-refractivity contribution in [2.45, 2.75) is 27.3 Å². The molecule has 2 aromatic carbocycles. The number of hydrogen-bond acceptors (Lipinski definition) is 3. The zero-order chi connectivity index (χ0) is 18.0. The highest BCUT2D eigenvalue weighted by molar-refractivity contribution is 5.93. The first kappa shape index (κ1) is 16.9. The Kier molecular flexibility index (Phi) is 4.65. The molecule has 0 saturated heterocycles. The molecule has 0 N–H and O–H groups in total. The first-order valence-corrected chi connectivity index (χ1v) is 8.33. The van der Waals surface area contributed by atoms with Crippen molar-refractivity contribution in [3.8, 4) is 0 Å². The number of nitrogens with zero attached hydrogens (tertiary/aromatic N) is 3. The van der Waals surface area contributed by atoms with Gasteiger partial charge in [0.15, 0.2) is 0 Å². The van der Waals surface area contributed by atoms with E-state index in [1.807, 2.05) is 51.1 Å². The minimum absolute atomic E-state index is 0.0789. The van der Waals surface area contributed by atoms with E-state index in [9.17, 15) is 9.59 Å². The highest BCUT2D eigenvalue weighted by Crippen LogP contribution is 2.19. The van der Waals surface area contributed by atoms with Crippen LogP contribution in [0.25, 0.3) is 10.8 Å². The van der Waals surface area contributed by atoms with Gasteiger partial charge in [0.05, 0.1) is 11.6 Å². The lowest BCUT2D eigenvalue weighted by Gasteiger charge is -2.22. The standard InChI is InChI=1S/C20H21N3O2/c1-4-22(17-10-14(2)9-15(3)11-17)19(24)13-23-20(25)18-8-6-5-7-16(18)12-21-23/h5-12H,4,13H2,1-3H3. The smallest absolute Gasteiger partial charge is 0.275 e. The van der Waals surface area contributed by atoms with Gasteiger partial charge in [0.25, 0.3) is 5.56 Å². The third kappa shape index (κ3) is 3.45. The van der Waals surface area contributed by atoms with Crippen LogP contribution in [0.3, 0.4) is 0 Å². The predicted octanol–water partition coefficient (Wildman–Crippen LogP) is 3.07. The Morgan fingerprint density at radius 1 is 1.12 bits per heavy atom. The number of hydrogen-bond donors (Lipinski definition) is 0. The molecule has 0 radical (unpaired) electrons. The van der Waals surface area contributed by atoms with Crippen molar-refractivity contribution in [1.29, 1.82) is 0 Å². The molecule has 3 rings (SSSR count). The quantitative estimate of drug-likeness (QED) is 0.736. The van der Waals surface area contributed by atoms with Crippen LogP contribution in [0.15, 0.2) is 53.5 Å². The zero-order valence-electron chi connectivity index (χ0n) is 14.7. The molecule has 0 fully saturated rings. The first-order chi connectivity index (χ1) is 12.0. The number of amides is 1. The molecule has 5 heteroatoms. The minimum Gasteiger partial charge on any atom is -0.311 e. The maximum Gasteiger partial charge on any atom is 0.275 e. The van der Waals surface area contributed by atoms with Gasteiger partial charge in [0.1, 0.15) is 6.54 Å². The van der Waals surface area contributed by atoms with Crippen LogP contribution in [0.1, 0.15) is 18.1 Å². The molecule has 0 aliphatic carbocycles. The number of carbonyl (C=O) groups is 1. The van der Waals surface area contributed by atoms with Crippen molar-refractivity contribution in [2.24, 2.45) is 0 Å². The predicted molar refractivity (Wildman–Crippen MR) is 99.9 cm³/mol. The number of carbonyl (C=O) groups excluding carboxylic acids is 1. The van der Waals surface area contributed by atoms with Gasteiger partial charge in [-0.25, -0.2) is 4.68 Å². The van der Waals surface area contributed by atoms with Gasteiger partial charge >= 0.3 is 0 Å². The fourth-order valence-electron chi connectivity index (χ4n) is 3.06. The SMILES string of the molecule is CCN(C(=O)Cn1ncc2ccccc2c1=O)c1cc(C)cc(C)c1. The third-order valence-corrected chi connectivity index (χ3v) is 4.18. The van der Waals surface area contributed by atoms with E-state index in [-0.39, 0.29) is 18.0 Å². The van der Waals surface area contributed by atoms with Gasteiger partial charge < -0.3 is 4.90 Å². The average Bonchev–Trinajstić information content (AvgIpc) is 2.57. The summed E-state index contributed by atoms with van der Waals surface area (Å²) in [4.78, 5) is 27.0. The monoisotopic (exact) mass is 335 g/mol. The number of aryl methyl sites for hydroxylation is 2. The van der Waals surface area contributed by atoms with Gasteiger partial charge in [-0.3, -0.25) is 9.59 Å². The summed E-state index contributed by atoms with van der Waals surface area (Å²) in [6.07, 6.45) is 1.62. The Hall–Kier alpha value is -2.95. The lowest BCUT2D eigenvalue weighted by molar-refractivity contribution is -0.119. The number of rotatable bonds is 4. The fourth-order valence-corrected chi connectivity index (χ4v) is 3.06. The summed E-state index contributed by atoms with van der Waals surface area (Å²) in [6.45, 7) is 6.38. The average molecular weight is 335 g/mol. The van der Waals surface area contributed by atoms with E-state index in [4.69, 9.17) is 0 Å². The summed E-state index contributed by atoms with van der Waals surface area (Å²) >= 11 is 0. The van der Waals surface area contributed by atoms with Crippen LogP contribution in [0.5, 0.6) is 0 Å². The lowest BCUT2D eigenvalue weighted by Crippen LogP contribution is -2.37. The normalized spacial score (nSPS) is 10.8. The number of fused-ring (bicyclic) bond motifs is 1. The van der Waals surface area contributed by atoms with E-state index < -0.39 is 0 Å². The molecule has 1 amide bonds. The fraction of sp³-hybridized carbons (Fsp3) is 0.250. The second-order valence-electron chi connectivity index (χ2n) is 6.18. The Balaban J connectivity index is 1.92. The molecule has 0 bridgehead atoms.